The standard InChI is InChI=1S/C7H12N2O3/c1-5(10)9-2-3-12-6(4-9)7(8)11/h6H,2-4H2,1H3,(H2,8,11). The highest BCUT2D eigenvalue weighted by Crippen LogP contribution is 2.04. The Morgan fingerprint density at radius 1 is 1.58 bits per heavy atom. The van der Waals surface area contributed by atoms with Gasteiger partial charge in [0.05, 0.1) is 13.2 Å². The van der Waals surface area contributed by atoms with Crippen molar-refractivity contribution < 1.29 is 14.3 Å². The van der Waals surface area contributed by atoms with Gasteiger partial charge in [0.15, 0.2) is 6.10 Å². The minimum absolute atomic E-state index is 0.0513. The van der Waals surface area contributed by atoms with E-state index in [2.05, 4.69) is 0 Å². The Hall–Kier alpha value is -1.10. The average molecular weight is 172 g/mol. The molecule has 1 saturated heterocycles. The lowest BCUT2D eigenvalue weighted by Gasteiger charge is -2.30. The Kier molecular flexibility index (Phi) is 2.65. The Labute approximate surface area is 70.5 Å². The van der Waals surface area contributed by atoms with Crippen molar-refractivity contribution >= 4 is 11.8 Å². The van der Waals surface area contributed by atoms with E-state index in [1.807, 2.05) is 0 Å². The van der Waals surface area contributed by atoms with E-state index >= 15 is 0 Å². The summed E-state index contributed by atoms with van der Waals surface area (Å²) < 4.78 is 5.05. The zero-order valence-electron chi connectivity index (χ0n) is 6.95. The van der Waals surface area contributed by atoms with Crippen LogP contribution in [0, 0.1) is 0 Å². The molecule has 1 aliphatic heterocycles. The highest BCUT2D eigenvalue weighted by molar-refractivity contribution is 5.80. The molecule has 68 valence electrons. The van der Waals surface area contributed by atoms with Crippen LogP contribution in [-0.4, -0.2) is 42.5 Å². The van der Waals surface area contributed by atoms with Gasteiger partial charge in [-0.1, -0.05) is 0 Å². The van der Waals surface area contributed by atoms with Gasteiger partial charge in [0.25, 0.3) is 0 Å². The van der Waals surface area contributed by atoms with Gasteiger partial charge < -0.3 is 15.4 Å². The maximum atomic E-state index is 10.9. The highest BCUT2D eigenvalue weighted by atomic mass is 16.5. The van der Waals surface area contributed by atoms with Crippen molar-refractivity contribution in [3.63, 3.8) is 0 Å². The van der Waals surface area contributed by atoms with Crippen LogP contribution in [0.1, 0.15) is 6.92 Å². The summed E-state index contributed by atoms with van der Waals surface area (Å²) >= 11 is 0. The van der Waals surface area contributed by atoms with E-state index in [1.165, 1.54) is 6.92 Å². The van der Waals surface area contributed by atoms with Gasteiger partial charge in [-0.05, 0) is 0 Å². The van der Waals surface area contributed by atoms with Gasteiger partial charge in [-0.25, -0.2) is 0 Å². The molecule has 5 heteroatoms. The van der Waals surface area contributed by atoms with Crippen LogP contribution < -0.4 is 5.73 Å². The SMILES string of the molecule is CC(=O)N1CCOC(C(N)=O)C1. The van der Waals surface area contributed by atoms with Gasteiger partial charge in [0, 0.05) is 13.5 Å². The lowest BCUT2D eigenvalue weighted by atomic mass is 10.2. The summed E-state index contributed by atoms with van der Waals surface area (Å²) in [6, 6.07) is 0. The number of nitrogens with zero attached hydrogens (tertiary/aromatic N) is 1. The second-order valence-electron chi connectivity index (χ2n) is 2.73. The summed E-state index contributed by atoms with van der Waals surface area (Å²) in [5.41, 5.74) is 5.03. The first kappa shape index (κ1) is 8.99. The van der Waals surface area contributed by atoms with Gasteiger partial charge in [-0.15, -0.1) is 0 Å². The topological polar surface area (TPSA) is 72.6 Å². The third-order valence-corrected chi connectivity index (χ3v) is 1.83. The lowest BCUT2D eigenvalue weighted by molar-refractivity contribution is -0.144. The van der Waals surface area contributed by atoms with Gasteiger partial charge >= 0.3 is 0 Å². The number of amides is 2. The van der Waals surface area contributed by atoms with Gasteiger partial charge in [-0.3, -0.25) is 9.59 Å². The monoisotopic (exact) mass is 172 g/mol. The first-order valence-electron chi connectivity index (χ1n) is 3.77. The predicted molar refractivity (Wildman–Crippen MR) is 41.2 cm³/mol. The van der Waals surface area contributed by atoms with E-state index in [1.54, 1.807) is 4.90 Å². The Balaban J connectivity index is 2.51. The zero-order valence-corrected chi connectivity index (χ0v) is 6.95. The van der Waals surface area contributed by atoms with Crippen LogP contribution in [-0.2, 0) is 14.3 Å². The van der Waals surface area contributed by atoms with Gasteiger partial charge in [-0.2, -0.15) is 0 Å². The van der Waals surface area contributed by atoms with Crippen molar-refractivity contribution in [2.45, 2.75) is 13.0 Å². The molecule has 0 aromatic heterocycles. The summed E-state index contributed by atoms with van der Waals surface area (Å²) in [6.45, 7) is 2.67. The quantitative estimate of drug-likeness (QED) is 0.535. The second-order valence-corrected chi connectivity index (χ2v) is 2.73. The molecule has 5 nitrogen and oxygen atoms in total. The molecular weight excluding hydrogens is 160 g/mol. The summed E-state index contributed by atoms with van der Waals surface area (Å²) in [5, 5.41) is 0. The molecule has 1 heterocycles. The molecule has 1 aliphatic rings. The first-order chi connectivity index (χ1) is 5.61. The third kappa shape index (κ3) is 1.94. The number of morpholine rings is 1. The van der Waals surface area contributed by atoms with Crippen LogP contribution in [0.4, 0.5) is 0 Å². The normalized spacial score (nSPS) is 23.8. The Morgan fingerprint density at radius 3 is 2.75 bits per heavy atom. The van der Waals surface area contributed by atoms with Crippen molar-refractivity contribution in [2.75, 3.05) is 19.7 Å². The van der Waals surface area contributed by atoms with Crippen LogP contribution in [0.3, 0.4) is 0 Å². The van der Waals surface area contributed by atoms with Crippen molar-refractivity contribution in [2.24, 2.45) is 5.73 Å². The molecule has 2 amide bonds. The summed E-state index contributed by atoms with van der Waals surface area (Å²) in [5.74, 6) is -0.564. The number of carbonyl (C=O) groups is 2. The third-order valence-electron chi connectivity index (χ3n) is 1.83. The number of hydrogen-bond donors (Lipinski definition) is 1. The number of nitrogens with two attached hydrogens (primary N) is 1. The number of hydrogen-bond acceptors (Lipinski definition) is 3. The molecule has 1 rings (SSSR count). The summed E-state index contributed by atoms with van der Waals surface area (Å²) in [6.07, 6.45) is -0.636. The zero-order chi connectivity index (χ0) is 9.14. The molecule has 0 aromatic carbocycles. The fourth-order valence-corrected chi connectivity index (χ4v) is 1.11. The molecule has 12 heavy (non-hydrogen) atoms. The van der Waals surface area contributed by atoms with Crippen molar-refractivity contribution in [3.8, 4) is 0 Å². The molecule has 1 unspecified atom stereocenters. The summed E-state index contributed by atoms with van der Waals surface area (Å²) in [4.78, 5) is 23.1. The minimum atomic E-state index is -0.636. The van der Waals surface area contributed by atoms with E-state index in [0.29, 0.717) is 13.2 Å². The Bertz CT molecular complexity index is 185. The molecule has 0 aromatic rings. The minimum Gasteiger partial charge on any atom is -0.367 e. The largest absolute Gasteiger partial charge is 0.367 e. The smallest absolute Gasteiger partial charge is 0.248 e. The second kappa shape index (κ2) is 3.53. The van der Waals surface area contributed by atoms with E-state index in [4.69, 9.17) is 10.5 Å². The van der Waals surface area contributed by atoms with Crippen LogP contribution in [0.15, 0.2) is 0 Å². The molecule has 0 saturated carbocycles. The lowest BCUT2D eigenvalue weighted by Crippen LogP contribution is -2.49. The van der Waals surface area contributed by atoms with Gasteiger partial charge in [0.2, 0.25) is 11.8 Å². The molecular formula is C7H12N2O3. The molecule has 0 radical (unpaired) electrons. The molecule has 0 spiro atoms. The van der Waals surface area contributed by atoms with Crippen molar-refractivity contribution in [1.82, 2.24) is 4.90 Å². The van der Waals surface area contributed by atoms with E-state index in [9.17, 15) is 9.59 Å². The number of rotatable bonds is 1. The van der Waals surface area contributed by atoms with Crippen LogP contribution >= 0.6 is 0 Å². The van der Waals surface area contributed by atoms with Crippen molar-refractivity contribution in [3.05, 3.63) is 0 Å². The van der Waals surface area contributed by atoms with Crippen LogP contribution in [0.2, 0.25) is 0 Å². The average Bonchev–Trinajstić information content (AvgIpc) is 2.04. The fraction of sp³-hybridized carbons (Fsp3) is 0.714. The highest BCUT2D eigenvalue weighted by Gasteiger charge is 2.25. The molecule has 0 bridgehead atoms. The van der Waals surface area contributed by atoms with E-state index in [0.717, 1.165) is 0 Å². The van der Waals surface area contributed by atoms with Crippen LogP contribution in [0.25, 0.3) is 0 Å². The van der Waals surface area contributed by atoms with Crippen molar-refractivity contribution in [1.29, 1.82) is 0 Å². The molecule has 1 fully saturated rings. The molecule has 0 aliphatic carbocycles. The van der Waals surface area contributed by atoms with Crippen LogP contribution in [0.5, 0.6) is 0 Å². The van der Waals surface area contributed by atoms with E-state index in [-0.39, 0.29) is 12.5 Å². The summed E-state index contributed by atoms with van der Waals surface area (Å²) in [7, 11) is 0. The first-order valence-corrected chi connectivity index (χ1v) is 3.77. The fourth-order valence-electron chi connectivity index (χ4n) is 1.11. The predicted octanol–water partition coefficient (Wildman–Crippen LogP) is -1.28. The van der Waals surface area contributed by atoms with E-state index < -0.39 is 12.0 Å². The number of carbonyl (C=O) groups excluding carboxylic acids is 2. The maximum absolute atomic E-state index is 10.9. The maximum Gasteiger partial charge on any atom is 0.248 e. The Morgan fingerprint density at radius 2 is 2.25 bits per heavy atom. The molecule has 1 atom stereocenters. The molecule has 2 N–H and O–H groups in total. The number of primary amides is 1. The number of ether oxygens (including phenoxy) is 1. The van der Waals surface area contributed by atoms with Gasteiger partial charge in [0.1, 0.15) is 0 Å².